The van der Waals surface area contributed by atoms with Crippen LogP contribution >= 0.6 is 0 Å². The van der Waals surface area contributed by atoms with Gasteiger partial charge in [-0.05, 0) is 6.92 Å². The molecule has 56 valence electrons. The first-order valence-electron chi connectivity index (χ1n) is 3.10. The summed E-state index contributed by atoms with van der Waals surface area (Å²) in [5.41, 5.74) is 13.8. The van der Waals surface area contributed by atoms with Gasteiger partial charge in [0.05, 0.1) is 6.17 Å². The second kappa shape index (κ2) is 4.69. The van der Waals surface area contributed by atoms with Crippen molar-refractivity contribution in [3.05, 3.63) is 0 Å². The number of hydrogen-bond acceptors (Lipinski definition) is 4. The van der Waals surface area contributed by atoms with Crippen molar-refractivity contribution in [1.29, 1.82) is 0 Å². The average Bonchev–Trinajstić information content (AvgIpc) is 1.82. The molecule has 1 unspecified atom stereocenters. The van der Waals surface area contributed by atoms with Crippen LogP contribution in [0.2, 0.25) is 0 Å². The number of hydrazine groups is 1. The Kier molecular flexibility index (Phi) is 4.61. The summed E-state index contributed by atoms with van der Waals surface area (Å²) < 4.78 is 0. The van der Waals surface area contributed by atoms with Gasteiger partial charge in [0.25, 0.3) is 0 Å². The SMILES string of the molecule is CC(N)N(C)NCCN. The van der Waals surface area contributed by atoms with E-state index in [1.165, 1.54) is 0 Å². The lowest BCUT2D eigenvalue weighted by Crippen LogP contribution is -2.47. The zero-order chi connectivity index (χ0) is 7.28. The lowest BCUT2D eigenvalue weighted by atomic mass is 10.6. The van der Waals surface area contributed by atoms with Crippen LogP contribution in [-0.4, -0.2) is 31.3 Å². The van der Waals surface area contributed by atoms with Crippen molar-refractivity contribution >= 4 is 0 Å². The fourth-order valence-electron chi connectivity index (χ4n) is 0.385. The maximum absolute atomic E-state index is 5.50. The highest BCUT2D eigenvalue weighted by atomic mass is 15.5. The predicted molar refractivity (Wildman–Crippen MR) is 38.5 cm³/mol. The van der Waals surface area contributed by atoms with Crippen LogP contribution < -0.4 is 16.9 Å². The molecule has 4 nitrogen and oxygen atoms in total. The van der Waals surface area contributed by atoms with Crippen LogP contribution in [0, 0.1) is 0 Å². The molecule has 4 heteroatoms. The molecule has 5 N–H and O–H groups in total. The molecule has 0 aromatic heterocycles. The van der Waals surface area contributed by atoms with Crippen LogP contribution in [0.25, 0.3) is 0 Å². The van der Waals surface area contributed by atoms with Gasteiger partial charge in [0.1, 0.15) is 0 Å². The van der Waals surface area contributed by atoms with Gasteiger partial charge < -0.3 is 11.5 Å². The van der Waals surface area contributed by atoms with Gasteiger partial charge in [-0.15, -0.1) is 0 Å². The van der Waals surface area contributed by atoms with Gasteiger partial charge in [0, 0.05) is 20.1 Å². The Bertz CT molecular complexity index is 64.0. The predicted octanol–water partition coefficient (Wildman–Crippen LogP) is -1.31. The number of nitrogens with zero attached hydrogens (tertiary/aromatic N) is 1. The molecule has 0 aromatic carbocycles. The molecule has 0 aromatic rings. The van der Waals surface area contributed by atoms with Crippen molar-refractivity contribution in [3.8, 4) is 0 Å². The molecule has 0 radical (unpaired) electrons. The highest BCUT2D eigenvalue weighted by Gasteiger charge is 1.98. The van der Waals surface area contributed by atoms with Gasteiger partial charge in [0.15, 0.2) is 0 Å². The minimum atomic E-state index is 0.0385. The minimum absolute atomic E-state index is 0.0385. The molecule has 0 saturated carbocycles. The summed E-state index contributed by atoms with van der Waals surface area (Å²) in [4.78, 5) is 0. The Hall–Kier alpha value is -0.160. The first kappa shape index (κ1) is 8.84. The van der Waals surface area contributed by atoms with Gasteiger partial charge in [-0.3, -0.25) is 5.43 Å². The topological polar surface area (TPSA) is 67.3 Å². The van der Waals surface area contributed by atoms with Crippen LogP contribution in [-0.2, 0) is 0 Å². The van der Waals surface area contributed by atoms with Gasteiger partial charge in [-0.2, -0.15) is 0 Å². The molecule has 9 heavy (non-hydrogen) atoms. The molecule has 0 rings (SSSR count). The summed E-state index contributed by atoms with van der Waals surface area (Å²) in [5, 5.41) is 1.83. The molecule has 0 aliphatic carbocycles. The van der Waals surface area contributed by atoms with E-state index in [0.29, 0.717) is 6.54 Å². The fraction of sp³-hybridized carbons (Fsp3) is 1.00. The maximum atomic E-state index is 5.50. The summed E-state index contributed by atoms with van der Waals surface area (Å²) in [6.45, 7) is 3.32. The van der Waals surface area contributed by atoms with Crippen LogP contribution in [0.5, 0.6) is 0 Å². The van der Waals surface area contributed by atoms with E-state index in [1.54, 1.807) is 0 Å². The van der Waals surface area contributed by atoms with Crippen LogP contribution in [0.4, 0.5) is 0 Å². The Morgan fingerprint density at radius 3 is 2.56 bits per heavy atom. The van der Waals surface area contributed by atoms with E-state index in [4.69, 9.17) is 11.5 Å². The Balaban J connectivity index is 3.16. The quantitative estimate of drug-likeness (QED) is 0.328. The van der Waals surface area contributed by atoms with E-state index in [1.807, 2.05) is 19.0 Å². The molecule has 0 saturated heterocycles. The molecule has 0 aliphatic heterocycles. The van der Waals surface area contributed by atoms with E-state index in [9.17, 15) is 0 Å². The van der Waals surface area contributed by atoms with Gasteiger partial charge in [-0.25, -0.2) is 5.01 Å². The molecular weight excluding hydrogens is 116 g/mol. The summed E-state index contributed by atoms with van der Waals surface area (Å²) >= 11 is 0. The Morgan fingerprint density at radius 2 is 2.22 bits per heavy atom. The highest BCUT2D eigenvalue weighted by molar-refractivity contribution is 4.49. The van der Waals surface area contributed by atoms with Gasteiger partial charge >= 0.3 is 0 Å². The zero-order valence-corrected chi connectivity index (χ0v) is 6.09. The van der Waals surface area contributed by atoms with Crippen molar-refractivity contribution in [2.24, 2.45) is 11.5 Å². The van der Waals surface area contributed by atoms with Crippen LogP contribution in [0.15, 0.2) is 0 Å². The smallest absolute Gasteiger partial charge is 0.0676 e. The summed E-state index contributed by atoms with van der Waals surface area (Å²) in [7, 11) is 1.89. The summed E-state index contributed by atoms with van der Waals surface area (Å²) in [5.74, 6) is 0. The zero-order valence-electron chi connectivity index (χ0n) is 6.09. The van der Waals surface area contributed by atoms with E-state index in [2.05, 4.69) is 5.43 Å². The average molecular weight is 132 g/mol. The lowest BCUT2D eigenvalue weighted by molar-refractivity contribution is 0.181. The maximum Gasteiger partial charge on any atom is 0.0676 e. The van der Waals surface area contributed by atoms with E-state index < -0.39 is 0 Å². The number of nitrogens with two attached hydrogens (primary N) is 2. The largest absolute Gasteiger partial charge is 0.329 e. The van der Waals surface area contributed by atoms with Crippen molar-refractivity contribution in [2.45, 2.75) is 13.1 Å². The lowest BCUT2D eigenvalue weighted by Gasteiger charge is -2.21. The third-order valence-electron chi connectivity index (χ3n) is 1.12. The normalized spacial score (nSPS) is 14.3. The van der Waals surface area contributed by atoms with Crippen molar-refractivity contribution in [3.63, 3.8) is 0 Å². The van der Waals surface area contributed by atoms with E-state index in [0.717, 1.165) is 6.54 Å². The first-order chi connectivity index (χ1) is 4.18. The van der Waals surface area contributed by atoms with Gasteiger partial charge in [-0.1, -0.05) is 0 Å². The molecule has 1 atom stereocenters. The monoisotopic (exact) mass is 132 g/mol. The van der Waals surface area contributed by atoms with Gasteiger partial charge in [0.2, 0.25) is 0 Å². The van der Waals surface area contributed by atoms with Crippen LogP contribution in [0.3, 0.4) is 0 Å². The molecule has 0 heterocycles. The van der Waals surface area contributed by atoms with Crippen molar-refractivity contribution in [2.75, 3.05) is 20.1 Å². The fourth-order valence-corrected chi connectivity index (χ4v) is 0.385. The molecule has 0 amide bonds. The molecule has 0 fully saturated rings. The second-order valence-corrected chi connectivity index (χ2v) is 2.05. The third kappa shape index (κ3) is 4.35. The molecule has 0 aliphatic rings. The van der Waals surface area contributed by atoms with E-state index >= 15 is 0 Å². The summed E-state index contributed by atoms with van der Waals surface area (Å²) in [6, 6.07) is 0. The molecule has 0 bridgehead atoms. The summed E-state index contributed by atoms with van der Waals surface area (Å²) in [6.07, 6.45) is 0.0385. The number of hydrogen-bond donors (Lipinski definition) is 3. The highest BCUT2D eigenvalue weighted by Crippen LogP contribution is 1.77. The minimum Gasteiger partial charge on any atom is -0.329 e. The van der Waals surface area contributed by atoms with Crippen molar-refractivity contribution in [1.82, 2.24) is 10.4 Å². The Labute approximate surface area is 56.2 Å². The molecular formula is C5H16N4. The third-order valence-corrected chi connectivity index (χ3v) is 1.12. The van der Waals surface area contributed by atoms with Crippen molar-refractivity contribution < 1.29 is 0 Å². The Morgan fingerprint density at radius 1 is 1.67 bits per heavy atom. The second-order valence-electron chi connectivity index (χ2n) is 2.05. The van der Waals surface area contributed by atoms with Crippen LogP contribution in [0.1, 0.15) is 6.92 Å². The number of rotatable bonds is 4. The van der Waals surface area contributed by atoms with E-state index in [-0.39, 0.29) is 6.17 Å². The standard InChI is InChI=1S/C5H16N4/c1-5(7)9(2)8-4-3-6/h5,8H,3-4,6-7H2,1-2H3. The number of nitrogens with one attached hydrogen (secondary N) is 1. The first-order valence-corrected chi connectivity index (χ1v) is 3.10. The molecule has 0 spiro atoms.